The summed E-state index contributed by atoms with van der Waals surface area (Å²) >= 11 is 0. The van der Waals surface area contributed by atoms with Crippen molar-refractivity contribution in [3.63, 3.8) is 0 Å². The predicted molar refractivity (Wildman–Crippen MR) is 226 cm³/mol. The fourth-order valence-electron chi connectivity index (χ4n) is 4.06. The minimum absolute atomic E-state index is 0. The van der Waals surface area contributed by atoms with E-state index in [0.717, 1.165) is 17.8 Å². The summed E-state index contributed by atoms with van der Waals surface area (Å²) in [5, 5.41) is 0. The zero-order chi connectivity index (χ0) is 32.9. The standard InChI is InChI=1S/C19H34.C14H26.C9H18.4CH4/c1-16(2)10-7-12-18(5)14-9-15-19(6)13-8-11-17(3)4;1-12(2)8-6-10-14(5)11-7-9-13(3)4;1-8(2)6-5-7-9(3)4;;;;/h10,13-14,17H,7-9,11-12,15H2,1-6H3;8,11,13H,6-7,9-10H2,1-5H3;6,9H,5,7H2,1-4H3;4*1H4/b18-14+,19-13+;14-11+;;;;;. The molecule has 0 fully saturated rings. The van der Waals surface area contributed by atoms with Crippen LogP contribution in [0.3, 0.4) is 0 Å². The van der Waals surface area contributed by atoms with Crippen molar-refractivity contribution in [2.45, 2.75) is 211 Å². The molecular weight excluding hydrogens is 553 g/mol. The molecule has 46 heavy (non-hydrogen) atoms. The van der Waals surface area contributed by atoms with Gasteiger partial charge in [-0.15, -0.1) is 0 Å². The SMILES string of the molecule is C.C.C.C.CC(C)=CCC/C(C)=C/CC/C(C)=C/CCC(C)C.CC(C)=CCC/C(C)=C/CCC(C)C.CC(C)=CCCC(C)C. The van der Waals surface area contributed by atoms with Gasteiger partial charge in [0.25, 0.3) is 0 Å². The van der Waals surface area contributed by atoms with Crippen LogP contribution in [0.4, 0.5) is 0 Å². The minimum Gasteiger partial charge on any atom is -0.0859 e. The maximum atomic E-state index is 2.42. The molecule has 278 valence electrons. The smallest absolute Gasteiger partial charge is 0.0288 e. The highest BCUT2D eigenvalue weighted by molar-refractivity contribution is 5.05. The number of allylic oxidation sites excluding steroid dienone is 12. The van der Waals surface area contributed by atoms with Gasteiger partial charge in [-0.1, -0.05) is 141 Å². The quantitative estimate of drug-likeness (QED) is 0.130. The van der Waals surface area contributed by atoms with E-state index in [1.54, 1.807) is 11.1 Å². The van der Waals surface area contributed by atoms with Gasteiger partial charge in [-0.05, 0) is 157 Å². The topological polar surface area (TPSA) is 0 Å². The van der Waals surface area contributed by atoms with Crippen LogP contribution in [0.1, 0.15) is 211 Å². The van der Waals surface area contributed by atoms with Gasteiger partial charge >= 0.3 is 0 Å². The Kier molecular flexibility index (Phi) is 53.9. The van der Waals surface area contributed by atoms with E-state index in [4.69, 9.17) is 0 Å². The molecular formula is C46H94. The molecule has 0 aromatic carbocycles. The Hall–Kier alpha value is -1.56. The summed E-state index contributed by atoms with van der Waals surface area (Å²) in [6.45, 7) is 33.4. The highest BCUT2D eigenvalue weighted by Crippen LogP contribution is 2.14. The molecule has 0 unspecified atom stereocenters. The first-order valence-electron chi connectivity index (χ1n) is 17.4. The van der Waals surface area contributed by atoms with Crippen molar-refractivity contribution in [2.24, 2.45) is 17.8 Å². The molecule has 0 radical (unpaired) electrons. The van der Waals surface area contributed by atoms with Crippen LogP contribution < -0.4 is 0 Å². The number of rotatable bonds is 18. The van der Waals surface area contributed by atoms with Crippen molar-refractivity contribution in [2.75, 3.05) is 0 Å². The van der Waals surface area contributed by atoms with Crippen LogP contribution in [0.5, 0.6) is 0 Å². The van der Waals surface area contributed by atoms with Crippen molar-refractivity contribution < 1.29 is 0 Å². The van der Waals surface area contributed by atoms with E-state index in [9.17, 15) is 0 Å². The summed E-state index contributed by atoms with van der Waals surface area (Å²) in [5.74, 6) is 2.50. The molecule has 0 N–H and O–H groups in total. The Labute approximate surface area is 297 Å². The normalized spacial score (nSPS) is 11.0. The molecule has 0 atom stereocenters. The first-order valence-corrected chi connectivity index (χ1v) is 17.4. The Bertz CT molecular complexity index is 789. The highest BCUT2D eigenvalue weighted by Gasteiger charge is 1.95. The molecule has 0 heteroatoms. The molecule has 0 aliphatic heterocycles. The summed E-state index contributed by atoms with van der Waals surface area (Å²) in [4.78, 5) is 0. The van der Waals surface area contributed by atoms with Crippen molar-refractivity contribution in [1.82, 2.24) is 0 Å². The summed E-state index contributed by atoms with van der Waals surface area (Å²) in [5.41, 5.74) is 8.93. The summed E-state index contributed by atoms with van der Waals surface area (Å²) in [7, 11) is 0. The van der Waals surface area contributed by atoms with Crippen molar-refractivity contribution in [3.05, 3.63) is 69.9 Å². The molecule has 0 amide bonds. The van der Waals surface area contributed by atoms with Gasteiger partial charge in [0, 0.05) is 0 Å². The monoisotopic (exact) mass is 647 g/mol. The lowest BCUT2D eigenvalue weighted by Crippen LogP contribution is -1.85. The number of hydrogen-bond acceptors (Lipinski definition) is 0. The predicted octanol–water partition coefficient (Wildman–Crippen LogP) is 17.9. The molecule has 0 nitrogen and oxygen atoms in total. The third-order valence-corrected chi connectivity index (χ3v) is 6.98. The molecule has 0 bridgehead atoms. The lowest BCUT2D eigenvalue weighted by Gasteiger charge is -2.03. The van der Waals surface area contributed by atoms with Gasteiger partial charge in [-0.2, -0.15) is 0 Å². The van der Waals surface area contributed by atoms with E-state index in [1.165, 1.54) is 99.3 Å². The molecule has 0 aromatic heterocycles. The third-order valence-electron chi connectivity index (χ3n) is 6.98. The van der Waals surface area contributed by atoms with Crippen LogP contribution in [-0.2, 0) is 0 Å². The second-order valence-corrected chi connectivity index (χ2v) is 14.5. The van der Waals surface area contributed by atoms with Crippen LogP contribution >= 0.6 is 0 Å². The fraction of sp³-hybridized carbons (Fsp3) is 0.739. The van der Waals surface area contributed by atoms with E-state index in [0.29, 0.717) is 0 Å². The van der Waals surface area contributed by atoms with Gasteiger partial charge in [0.2, 0.25) is 0 Å². The van der Waals surface area contributed by atoms with Crippen LogP contribution in [0.2, 0.25) is 0 Å². The van der Waals surface area contributed by atoms with Gasteiger partial charge in [0.15, 0.2) is 0 Å². The third kappa shape index (κ3) is 61.4. The van der Waals surface area contributed by atoms with Gasteiger partial charge in [-0.3, -0.25) is 0 Å². The van der Waals surface area contributed by atoms with Gasteiger partial charge in [0.05, 0.1) is 0 Å². The molecule has 0 spiro atoms. The summed E-state index contributed by atoms with van der Waals surface area (Å²) in [6.07, 6.45) is 29.1. The van der Waals surface area contributed by atoms with Crippen LogP contribution in [0.15, 0.2) is 69.9 Å². The van der Waals surface area contributed by atoms with Crippen LogP contribution in [0.25, 0.3) is 0 Å². The first-order chi connectivity index (χ1) is 19.6. The maximum absolute atomic E-state index is 2.42. The first kappa shape index (κ1) is 59.8. The Morgan fingerprint density at radius 3 is 0.761 bits per heavy atom. The van der Waals surface area contributed by atoms with Gasteiger partial charge < -0.3 is 0 Å². The summed E-state index contributed by atoms with van der Waals surface area (Å²) in [6, 6.07) is 0. The maximum Gasteiger partial charge on any atom is -0.0288 e. The second kappa shape index (κ2) is 41.5. The largest absolute Gasteiger partial charge is 0.0859 e. The molecule has 0 heterocycles. The highest BCUT2D eigenvalue weighted by atomic mass is 14.0. The average Bonchev–Trinajstić information content (AvgIpc) is 2.83. The minimum atomic E-state index is 0. The Morgan fingerprint density at radius 1 is 0.326 bits per heavy atom. The van der Waals surface area contributed by atoms with Crippen molar-refractivity contribution in [3.8, 4) is 0 Å². The van der Waals surface area contributed by atoms with Crippen molar-refractivity contribution in [1.29, 1.82) is 0 Å². The second-order valence-electron chi connectivity index (χ2n) is 14.5. The lowest BCUT2D eigenvalue weighted by atomic mass is 10.0. The van der Waals surface area contributed by atoms with E-state index >= 15 is 0 Å². The molecule has 0 aromatic rings. The van der Waals surface area contributed by atoms with Crippen LogP contribution in [-0.4, -0.2) is 0 Å². The Balaban J connectivity index is -0.000000101. The van der Waals surface area contributed by atoms with Crippen molar-refractivity contribution >= 4 is 0 Å². The zero-order valence-electron chi connectivity index (χ0n) is 31.7. The van der Waals surface area contributed by atoms with E-state index < -0.39 is 0 Å². The number of hydrogen-bond donors (Lipinski definition) is 0. The van der Waals surface area contributed by atoms with E-state index in [2.05, 4.69) is 140 Å². The Morgan fingerprint density at radius 2 is 0.522 bits per heavy atom. The van der Waals surface area contributed by atoms with E-state index in [1.807, 2.05) is 0 Å². The van der Waals surface area contributed by atoms with Gasteiger partial charge in [-0.25, -0.2) is 0 Å². The van der Waals surface area contributed by atoms with Gasteiger partial charge in [0.1, 0.15) is 0 Å². The van der Waals surface area contributed by atoms with Crippen LogP contribution in [0, 0.1) is 17.8 Å². The molecule has 0 saturated carbocycles. The molecule has 0 aliphatic rings. The summed E-state index contributed by atoms with van der Waals surface area (Å²) < 4.78 is 0. The van der Waals surface area contributed by atoms with E-state index in [-0.39, 0.29) is 29.7 Å². The average molecular weight is 647 g/mol. The zero-order valence-corrected chi connectivity index (χ0v) is 31.7. The molecule has 0 aliphatic carbocycles. The molecule has 0 rings (SSSR count). The molecule has 0 saturated heterocycles. The lowest BCUT2D eigenvalue weighted by molar-refractivity contribution is 0.592. The fourth-order valence-corrected chi connectivity index (χ4v) is 4.06.